The molecule has 3 N–H and O–H groups in total. The van der Waals surface area contributed by atoms with Gasteiger partial charge in [0.2, 0.25) is 0 Å². The predicted octanol–water partition coefficient (Wildman–Crippen LogP) is 1.38. The third-order valence-electron chi connectivity index (χ3n) is 2.47. The van der Waals surface area contributed by atoms with Gasteiger partial charge in [0.25, 0.3) is 0 Å². The Morgan fingerprint density at radius 3 is 2.46 bits per heavy atom. The molecule has 0 saturated heterocycles. The summed E-state index contributed by atoms with van der Waals surface area (Å²) in [6, 6.07) is 0.575. The van der Waals surface area contributed by atoms with E-state index in [-0.39, 0.29) is 11.9 Å². The van der Waals surface area contributed by atoms with Crippen molar-refractivity contribution in [2.24, 2.45) is 5.73 Å². The summed E-state index contributed by atoms with van der Waals surface area (Å²) >= 11 is 1.84. The molecular formula is C9H21N3S. The van der Waals surface area contributed by atoms with Crippen molar-refractivity contribution >= 4 is 17.6 Å². The molecule has 0 aliphatic rings. The van der Waals surface area contributed by atoms with E-state index in [0.717, 1.165) is 12.2 Å². The van der Waals surface area contributed by atoms with E-state index in [4.69, 9.17) is 11.1 Å². The van der Waals surface area contributed by atoms with Gasteiger partial charge in [-0.15, -0.1) is 0 Å². The SMILES string of the molecule is CCC(CSC)N(C)C(C)C(=N)N. The van der Waals surface area contributed by atoms with Crippen LogP contribution in [-0.2, 0) is 0 Å². The lowest BCUT2D eigenvalue weighted by molar-refractivity contribution is 0.235. The number of nitrogens with two attached hydrogens (primary N) is 1. The summed E-state index contributed by atoms with van der Waals surface area (Å²) in [6.07, 6.45) is 3.21. The Bertz CT molecular complexity index is 161. The minimum absolute atomic E-state index is 0.0529. The summed E-state index contributed by atoms with van der Waals surface area (Å²) in [5.74, 6) is 1.35. The molecule has 0 radical (unpaired) electrons. The van der Waals surface area contributed by atoms with Crippen molar-refractivity contribution in [1.82, 2.24) is 4.90 Å². The molecule has 0 fully saturated rings. The molecule has 0 aromatic rings. The molecule has 0 amide bonds. The van der Waals surface area contributed by atoms with Gasteiger partial charge < -0.3 is 5.73 Å². The Hall–Kier alpha value is -0.220. The Kier molecular flexibility index (Phi) is 6.16. The highest BCUT2D eigenvalue weighted by Crippen LogP contribution is 2.11. The van der Waals surface area contributed by atoms with Gasteiger partial charge in [-0.2, -0.15) is 11.8 Å². The van der Waals surface area contributed by atoms with Crippen LogP contribution in [0.25, 0.3) is 0 Å². The Morgan fingerprint density at radius 2 is 2.15 bits per heavy atom. The van der Waals surface area contributed by atoms with Crippen molar-refractivity contribution in [3.63, 3.8) is 0 Å². The summed E-state index contributed by atoms with van der Waals surface area (Å²) in [5.41, 5.74) is 5.46. The minimum Gasteiger partial charge on any atom is -0.386 e. The van der Waals surface area contributed by atoms with Gasteiger partial charge in [-0.3, -0.25) is 10.3 Å². The standard InChI is InChI=1S/C9H21N3S/c1-5-8(6-13-4)12(3)7(2)9(10)11/h7-8H,5-6H2,1-4H3,(H3,10,11). The number of likely N-dealkylation sites (N-methyl/N-ethyl adjacent to an activating group) is 1. The minimum atomic E-state index is 0.0529. The zero-order valence-electron chi connectivity index (χ0n) is 9.00. The van der Waals surface area contributed by atoms with E-state index in [1.165, 1.54) is 0 Å². The van der Waals surface area contributed by atoms with Gasteiger partial charge in [0.1, 0.15) is 5.84 Å². The number of amidine groups is 1. The van der Waals surface area contributed by atoms with Crippen LogP contribution in [-0.4, -0.2) is 41.9 Å². The fraction of sp³-hybridized carbons (Fsp3) is 0.889. The van der Waals surface area contributed by atoms with Gasteiger partial charge in [0.05, 0.1) is 6.04 Å². The van der Waals surface area contributed by atoms with Gasteiger partial charge in [0.15, 0.2) is 0 Å². The molecule has 0 spiro atoms. The van der Waals surface area contributed by atoms with Crippen LogP contribution >= 0.6 is 11.8 Å². The first-order valence-electron chi connectivity index (χ1n) is 4.59. The Balaban J connectivity index is 4.17. The topological polar surface area (TPSA) is 53.1 Å². The highest BCUT2D eigenvalue weighted by molar-refractivity contribution is 7.98. The van der Waals surface area contributed by atoms with Gasteiger partial charge in [0, 0.05) is 11.8 Å². The fourth-order valence-corrected chi connectivity index (χ4v) is 2.11. The van der Waals surface area contributed by atoms with Crippen molar-refractivity contribution in [2.45, 2.75) is 32.4 Å². The second-order valence-electron chi connectivity index (χ2n) is 3.31. The summed E-state index contributed by atoms with van der Waals surface area (Å²) in [6.45, 7) is 4.15. The van der Waals surface area contributed by atoms with Crippen LogP contribution < -0.4 is 5.73 Å². The number of thioether (sulfide) groups is 1. The summed E-state index contributed by atoms with van der Waals surface area (Å²) < 4.78 is 0. The van der Waals surface area contributed by atoms with Crippen molar-refractivity contribution in [3.05, 3.63) is 0 Å². The van der Waals surface area contributed by atoms with E-state index in [9.17, 15) is 0 Å². The molecule has 0 saturated carbocycles. The molecule has 0 aromatic carbocycles. The van der Waals surface area contributed by atoms with Crippen LogP contribution in [0, 0.1) is 5.41 Å². The maximum atomic E-state index is 7.36. The van der Waals surface area contributed by atoms with E-state index in [1.807, 2.05) is 25.7 Å². The molecule has 0 bridgehead atoms. The number of rotatable bonds is 6. The number of hydrogen-bond donors (Lipinski definition) is 2. The van der Waals surface area contributed by atoms with Crippen LogP contribution in [0.2, 0.25) is 0 Å². The average molecular weight is 203 g/mol. The molecule has 78 valence electrons. The molecule has 13 heavy (non-hydrogen) atoms. The van der Waals surface area contributed by atoms with Crippen molar-refractivity contribution < 1.29 is 0 Å². The van der Waals surface area contributed by atoms with E-state index < -0.39 is 0 Å². The van der Waals surface area contributed by atoms with Crippen molar-refractivity contribution in [1.29, 1.82) is 5.41 Å². The first-order valence-corrected chi connectivity index (χ1v) is 5.98. The number of nitrogens with one attached hydrogen (secondary N) is 1. The first-order chi connectivity index (χ1) is 6.04. The van der Waals surface area contributed by atoms with Crippen LogP contribution in [0.5, 0.6) is 0 Å². The van der Waals surface area contributed by atoms with Crippen LogP contribution in [0.15, 0.2) is 0 Å². The number of hydrogen-bond acceptors (Lipinski definition) is 3. The van der Waals surface area contributed by atoms with Gasteiger partial charge in [-0.1, -0.05) is 6.92 Å². The van der Waals surface area contributed by atoms with E-state index >= 15 is 0 Å². The third-order valence-corrected chi connectivity index (χ3v) is 3.19. The molecule has 0 aromatic heterocycles. The van der Waals surface area contributed by atoms with Crippen LogP contribution in [0.1, 0.15) is 20.3 Å². The zero-order chi connectivity index (χ0) is 10.4. The highest BCUT2D eigenvalue weighted by Gasteiger charge is 2.19. The number of nitrogens with zero attached hydrogens (tertiary/aromatic N) is 1. The monoisotopic (exact) mass is 203 g/mol. The lowest BCUT2D eigenvalue weighted by Crippen LogP contribution is -2.46. The average Bonchev–Trinajstić information content (AvgIpc) is 2.11. The fourth-order valence-electron chi connectivity index (χ4n) is 1.25. The smallest absolute Gasteiger partial charge is 0.108 e. The molecule has 0 aliphatic heterocycles. The normalized spacial score (nSPS) is 15.8. The first kappa shape index (κ1) is 12.8. The summed E-state index contributed by atoms with van der Waals surface area (Å²) in [4.78, 5) is 2.18. The van der Waals surface area contributed by atoms with Crippen LogP contribution in [0.3, 0.4) is 0 Å². The lowest BCUT2D eigenvalue weighted by Gasteiger charge is -2.31. The molecule has 4 heteroatoms. The highest BCUT2D eigenvalue weighted by atomic mass is 32.2. The maximum absolute atomic E-state index is 7.36. The third kappa shape index (κ3) is 4.00. The molecule has 0 aliphatic carbocycles. The van der Waals surface area contributed by atoms with Gasteiger partial charge in [-0.05, 0) is 26.6 Å². The molecule has 2 atom stereocenters. The Labute approximate surface area is 85.6 Å². The van der Waals surface area contributed by atoms with E-state index in [2.05, 4.69) is 18.1 Å². The van der Waals surface area contributed by atoms with E-state index in [0.29, 0.717) is 6.04 Å². The quantitative estimate of drug-likeness (QED) is 0.506. The van der Waals surface area contributed by atoms with Gasteiger partial charge in [-0.25, -0.2) is 0 Å². The van der Waals surface area contributed by atoms with Crippen molar-refractivity contribution in [3.8, 4) is 0 Å². The molecule has 3 nitrogen and oxygen atoms in total. The zero-order valence-corrected chi connectivity index (χ0v) is 9.82. The largest absolute Gasteiger partial charge is 0.386 e. The van der Waals surface area contributed by atoms with Gasteiger partial charge >= 0.3 is 0 Å². The molecule has 0 rings (SSSR count). The summed E-state index contributed by atoms with van der Waals surface area (Å²) in [5, 5.41) is 7.36. The maximum Gasteiger partial charge on any atom is 0.108 e. The second kappa shape index (κ2) is 6.27. The van der Waals surface area contributed by atoms with E-state index in [1.54, 1.807) is 0 Å². The lowest BCUT2D eigenvalue weighted by atomic mass is 10.1. The molecule has 2 unspecified atom stereocenters. The molecular weight excluding hydrogens is 182 g/mol. The molecule has 0 heterocycles. The predicted molar refractivity (Wildman–Crippen MR) is 61.6 cm³/mol. The van der Waals surface area contributed by atoms with Crippen molar-refractivity contribution in [2.75, 3.05) is 19.1 Å². The van der Waals surface area contributed by atoms with Crippen LogP contribution in [0.4, 0.5) is 0 Å². The second-order valence-corrected chi connectivity index (χ2v) is 4.22. The summed E-state index contributed by atoms with van der Waals surface area (Å²) in [7, 11) is 2.04. The Morgan fingerprint density at radius 1 is 1.62 bits per heavy atom.